The molecule has 2 aromatic rings. The first-order chi connectivity index (χ1) is 9.72. The third-order valence-corrected chi connectivity index (χ3v) is 3.63. The van der Waals surface area contributed by atoms with Crippen molar-refractivity contribution in [1.82, 2.24) is 20.2 Å². The second kappa shape index (κ2) is 7.32. The molecule has 2 rings (SSSR count). The van der Waals surface area contributed by atoms with Crippen molar-refractivity contribution in [1.29, 1.82) is 0 Å². The number of nitrogens with zero attached hydrogens (tertiary/aromatic N) is 4. The van der Waals surface area contributed by atoms with Crippen LogP contribution in [0, 0.1) is 5.82 Å². The molecule has 6 nitrogen and oxygen atoms in total. The second-order valence-electron chi connectivity index (χ2n) is 3.96. The van der Waals surface area contributed by atoms with Gasteiger partial charge < -0.3 is 9.47 Å². The lowest BCUT2D eigenvalue weighted by Crippen LogP contribution is -2.21. The third-order valence-electron chi connectivity index (χ3n) is 2.60. The van der Waals surface area contributed by atoms with Gasteiger partial charge in [0, 0.05) is 20.0 Å². The van der Waals surface area contributed by atoms with Crippen molar-refractivity contribution < 1.29 is 13.9 Å². The van der Waals surface area contributed by atoms with Crippen molar-refractivity contribution in [3.8, 4) is 0 Å². The highest BCUT2D eigenvalue weighted by molar-refractivity contribution is 7.98. The van der Waals surface area contributed by atoms with Crippen LogP contribution in [0.25, 0.3) is 0 Å². The predicted molar refractivity (Wildman–Crippen MR) is 71.6 cm³/mol. The lowest BCUT2D eigenvalue weighted by molar-refractivity contribution is -0.113. The van der Waals surface area contributed by atoms with Crippen LogP contribution in [-0.4, -0.2) is 40.7 Å². The number of tetrazole rings is 1. The largest absolute Gasteiger partial charge is 0.354 e. The second-order valence-corrected chi connectivity index (χ2v) is 4.91. The molecule has 1 aromatic carbocycles. The summed E-state index contributed by atoms with van der Waals surface area (Å²) in [4.78, 5) is 0. The number of rotatable bonds is 7. The van der Waals surface area contributed by atoms with Crippen LogP contribution in [0.4, 0.5) is 4.39 Å². The van der Waals surface area contributed by atoms with E-state index >= 15 is 0 Å². The van der Waals surface area contributed by atoms with E-state index in [-0.39, 0.29) is 5.82 Å². The van der Waals surface area contributed by atoms with Crippen LogP contribution in [0.15, 0.2) is 29.4 Å². The molecule has 0 fully saturated rings. The molecule has 8 heteroatoms. The van der Waals surface area contributed by atoms with Crippen LogP contribution in [0.1, 0.15) is 5.56 Å². The molecule has 0 radical (unpaired) electrons. The fraction of sp³-hybridized carbons (Fsp3) is 0.417. The van der Waals surface area contributed by atoms with Crippen LogP contribution in [0.5, 0.6) is 0 Å². The van der Waals surface area contributed by atoms with Crippen molar-refractivity contribution >= 4 is 11.8 Å². The zero-order valence-electron chi connectivity index (χ0n) is 11.2. The smallest absolute Gasteiger partial charge is 0.209 e. The molecule has 0 atom stereocenters. The molecule has 0 saturated carbocycles. The molecule has 0 N–H and O–H groups in total. The van der Waals surface area contributed by atoms with Gasteiger partial charge in [-0.15, -0.1) is 5.10 Å². The Hall–Kier alpha value is -1.51. The monoisotopic (exact) mass is 298 g/mol. The molecular weight excluding hydrogens is 283 g/mol. The maximum atomic E-state index is 13.1. The maximum absolute atomic E-state index is 13.1. The van der Waals surface area contributed by atoms with Gasteiger partial charge in [-0.05, 0) is 28.1 Å². The van der Waals surface area contributed by atoms with Gasteiger partial charge in [0.15, 0.2) is 6.29 Å². The summed E-state index contributed by atoms with van der Waals surface area (Å²) in [7, 11) is 3.11. The molecule has 108 valence electrons. The summed E-state index contributed by atoms with van der Waals surface area (Å²) in [5, 5.41) is 12.1. The van der Waals surface area contributed by atoms with E-state index < -0.39 is 6.29 Å². The highest BCUT2D eigenvalue weighted by Crippen LogP contribution is 2.20. The number of thioether (sulfide) groups is 1. The zero-order chi connectivity index (χ0) is 14.4. The van der Waals surface area contributed by atoms with Crippen molar-refractivity contribution in [2.75, 3.05) is 14.2 Å². The van der Waals surface area contributed by atoms with E-state index in [2.05, 4.69) is 15.5 Å². The predicted octanol–water partition coefficient (Wildman–Crippen LogP) is 1.72. The molecule has 0 aliphatic rings. The van der Waals surface area contributed by atoms with Gasteiger partial charge in [-0.2, -0.15) is 0 Å². The van der Waals surface area contributed by atoms with Crippen LogP contribution >= 0.6 is 11.8 Å². The highest BCUT2D eigenvalue weighted by Gasteiger charge is 2.13. The molecule has 0 unspecified atom stereocenters. The van der Waals surface area contributed by atoms with Gasteiger partial charge in [0.1, 0.15) is 5.82 Å². The number of hydrogen-bond donors (Lipinski definition) is 0. The summed E-state index contributed by atoms with van der Waals surface area (Å²) in [5.74, 6) is 0.337. The molecule has 0 bridgehead atoms. The van der Waals surface area contributed by atoms with E-state index in [0.717, 1.165) is 5.56 Å². The van der Waals surface area contributed by atoms with E-state index in [9.17, 15) is 4.39 Å². The van der Waals surface area contributed by atoms with Crippen LogP contribution in [-0.2, 0) is 21.8 Å². The molecule has 0 amide bonds. The third kappa shape index (κ3) is 3.99. The quantitative estimate of drug-likeness (QED) is 0.573. The van der Waals surface area contributed by atoms with Crippen molar-refractivity contribution in [3.05, 3.63) is 35.6 Å². The molecule has 0 aliphatic heterocycles. The van der Waals surface area contributed by atoms with E-state index in [1.54, 1.807) is 25.0 Å². The average Bonchev–Trinajstić information content (AvgIpc) is 2.90. The molecule has 0 saturated heterocycles. The van der Waals surface area contributed by atoms with Crippen molar-refractivity contribution in [2.24, 2.45) is 0 Å². The summed E-state index contributed by atoms with van der Waals surface area (Å²) in [5.41, 5.74) is 0.875. The molecule has 1 aromatic heterocycles. The minimum atomic E-state index is -0.410. The summed E-state index contributed by atoms with van der Waals surface area (Å²) >= 11 is 1.43. The molecule has 0 spiro atoms. The highest BCUT2D eigenvalue weighted by atomic mass is 32.2. The van der Waals surface area contributed by atoms with Gasteiger partial charge in [0.25, 0.3) is 0 Å². The van der Waals surface area contributed by atoms with E-state index in [4.69, 9.17) is 9.47 Å². The average molecular weight is 298 g/mol. The molecular formula is C12H15FN4O2S. The lowest BCUT2D eigenvalue weighted by atomic mass is 10.2. The fourth-order valence-corrected chi connectivity index (χ4v) is 2.41. The summed E-state index contributed by atoms with van der Waals surface area (Å²) in [6.07, 6.45) is -0.410. The zero-order valence-corrected chi connectivity index (χ0v) is 12.0. The standard InChI is InChI=1S/C12H15FN4O2S/c1-18-11(19-2)7-17-12(14-15-16-17)20-8-9-4-3-5-10(13)6-9/h3-6,11H,7-8H2,1-2H3. The maximum Gasteiger partial charge on any atom is 0.209 e. The van der Waals surface area contributed by atoms with Crippen molar-refractivity contribution in [2.45, 2.75) is 23.7 Å². The summed E-state index contributed by atoms with van der Waals surface area (Å²) < 4.78 is 24.9. The Morgan fingerprint density at radius 2 is 2.15 bits per heavy atom. The van der Waals surface area contributed by atoms with Crippen LogP contribution in [0.2, 0.25) is 0 Å². The minimum absolute atomic E-state index is 0.249. The minimum Gasteiger partial charge on any atom is -0.354 e. The van der Waals surface area contributed by atoms with Crippen LogP contribution < -0.4 is 0 Å². The topological polar surface area (TPSA) is 62.1 Å². The van der Waals surface area contributed by atoms with Crippen LogP contribution in [0.3, 0.4) is 0 Å². The van der Waals surface area contributed by atoms with Gasteiger partial charge in [0.2, 0.25) is 5.16 Å². The van der Waals surface area contributed by atoms with Gasteiger partial charge in [0.05, 0.1) is 6.54 Å². The van der Waals surface area contributed by atoms with E-state index in [1.165, 1.54) is 23.9 Å². The first kappa shape index (κ1) is 14.9. The Morgan fingerprint density at radius 3 is 2.85 bits per heavy atom. The number of hydrogen-bond acceptors (Lipinski definition) is 6. The normalized spacial score (nSPS) is 11.2. The van der Waals surface area contributed by atoms with E-state index in [1.807, 2.05) is 6.07 Å². The first-order valence-corrected chi connectivity index (χ1v) is 6.90. The van der Waals surface area contributed by atoms with Gasteiger partial charge in [-0.3, -0.25) is 0 Å². The van der Waals surface area contributed by atoms with Gasteiger partial charge >= 0.3 is 0 Å². The Labute approximate surface area is 120 Å². The number of halogens is 1. The van der Waals surface area contributed by atoms with Crippen molar-refractivity contribution in [3.63, 3.8) is 0 Å². The molecule has 1 heterocycles. The number of aromatic nitrogens is 4. The Bertz CT molecular complexity index is 548. The SMILES string of the molecule is COC(Cn1nnnc1SCc1cccc(F)c1)OC. The van der Waals surface area contributed by atoms with Gasteiger partial charge in [-0.1, -0.05) is 23.9 Å². The Morgan fingerprint density at radius 1 is 1.35 bits per heavy atom. The molecule has 0 aliphatic carbocycles. The Kier molecular flexibility index (Phi) is 5.45. The van der Waals surface area contributed by atoms with E-state index in [0.29, 0.717) is 17.5 Å². The number of methoxy groups -OCH3 is 2. The Balaban J connectivity index is 1.98. The summed E-state index contributed by atoms with van der Waals surface area (Å²) in [6, 6.07) is 6.45. The number of ether oxygens (including phenoxy) is 2. The number of benzene rings is 1. The lowest BCUT2D eigenvalue weighted by Gasteiger charge is -2.13. The summed E-state index contributed by atoms with van der Waals surface area (Å²) in [6.45, 7) is 0.394. The molecule has 20 heavy (non-hydrogen) atoms. The fourth-order valence-electron chi connectivity index (χ4n) is 1.58. The van der Waals surface area contributed by atoms with Gasteiger partial charge in [-0.25, -0.2) is 9.07 Å². The first-order valence-electron chi connectivity index (χ1n) is 5.92.